The molecule has 126 valence electrons. The van der Waals surface area contributed by atoms with Crippen LogP contribution in [0.3, 0.4) is 0 Å². The number of hydrogen-bond donors (Lipinski definition) is 0. The monoisotopic (exact) mass is 325 g/mol. The molecule has 6 nitrogen and oxygen atoms in total. The summed E-state index contributed by atoms with van der Waals surface area (Å²) in [5, 5.41) is 8.91. The molecule has 1 amide bonds. The van der Waals surface area contributed by atoms with E-state index in [9.17, 15) is 4.79 Å². The first-order valence-electron chi connectivity index (χ1n) is 8.95. The molecular formula is C18H23N5O. The second-order valence-corrected chi connectivity index (χ2v) is 6.74. The molecule has 1 atom stereocenters. The van der Waals surface area contributed by atoms with Crippen LogP contribution in [0.2, 0.25) is 0 Å². The molecule has 2 aliphatic heterocycles. The van der Waals surface area contributed by atoms with Crippen LogP contribution in [-0.4, -0.2) is 43.6 Å². The molecule has 0 saturated carbocycles. The van der Waals surface area contributed by atoms with Gasteiger partial charge in [0.15, 0.2) is 0 Å². The van der Waals surface area contributed by atoms with Gasteiger partial charge in [0.1, 0.15) is 17.3 Å². The van der Waals surface area contributed by atoms with E-state index in [1.54, 1.807) is 12.3 Å². The van der Waals surface area contributed by atoms with Gasteiger partial charge < -0.3 is 9.47 Å². The molecule has 1 saturated heterocycles. The molecule has 4 rings (SSSR count). The Morgan fingerprint density at radius 1 is 1.08 bits per heavy atom. The number of likely N-dealkylation sites (tertiary alicyclic amines) is 1. The highest BCUT2D eigenvalue weighted by atomic mass is 16.2. The third kappa shape index (κ3) is 2.92. The number of carbonyl (C=O) groups is 1. The van der Waals surface area contributed by atoms with Gasteiger partial charge in [-0.15, -0.1) is 10.2 Å². The van der Waals surface area contributed by atoms with E-state index in [0.29, 0.717) is 12.2 Å². The maximum absolute atomic E-state index is 12.7. The maximum Gasteiger partial charge on any atom is 0.272 e. The van der Waals surface area contributed by atoms with E-state index in [-0.39, 0.29) is 11.8 Å². The van der Waals surface area contributed by atoms with Gasteiger partial charge in [-0.25, -0.2) is 0 Å². The summed E-state index contributed by atoms with van der Waals surface area (Å²) in [5.74, 6) is 2.50. The highest BCUT2D eigenvalue weighted by molar-refractivity contribution is 5.92. The van der Waals surface area contributed by atoms with Crippen LogP contribution >= 0.6 is 0 Å². The standard InChI is InChI=1S/C18H23N5O/c24-18(15-8-3-4-10-19-15)22-11-6-7-14(13-22)17-21-20-16-9-2-1-5-12-23(16)17/h3-4,8,10,14H,1-2,5-7,9,11-13H2. The van der Waals surface area contributed by atoms with Crippen LogP contribution in [0.1, 0.15) is 60.2 Å². The number of fused-ring (bicyclic) bond motifs is 1. The zero-order chi connectivity index (χ0) is 16.4. The van der Waals surface area contributed by atoms with E-state index >= 15 is 0 Å². The fraction of sp³-hybridized carbons (Fsp3) is 0.556. The lowest BCUT2D eigenvalue weighted by atomic mass is 9.96. The summed E-state index contributed by atoms with van der Waals surface area (Å²) in [7, 11) is 0. The molecule has 0 aromatic carbocycles. The van der Waals surface area contributed by atoms with E-state index in [0.717, 1.165) is 44.0 Å². The van der Waals surface area contributed by atoms with Crippen LogP contribution in [0.4, 0.5) is 0 Å². The molecular weight excluding hydrogens is 302 g/mol. The van der Waals surface area contributed by atoms with Gasteiger partial charge >= 0.3 is 0 Å². The lowest BCUT2D eigenvalue weighted by Crippen LogP contribution is -2.40. The molecule has 1 fully saturated rings. The first-order chi connectivity index (χ1) is 11.8. The van der Waals surface area contributed by atoms with Crippen molar-refractivity contribution in [1.82, 2.24) is 24.6 Å². The number of pyridine rings is 1. The van der Waals surface area contributed by atoms with Crippen molar-refractivity contribution in [2.24, 2.45) is 0 Å². The minimum absolute atomic E-state index is 0.0240. The van der Waals surface area contributed by atoms with Gasteiger partial charge in [0.05, 0.1) is 0 Å². The molecule has 0 radical (unpaired) electrons. The Bertz CT molecular complexity index is 711. The van der Waals surface area contributed by atoms with Crippen molar-refractivity contribution in [2.45, 2.75) is 51.0 Å². The Morgan fingerprint density at radius 3 is 2.92 bits per heavy atom. The summed E-state index contributed by atoms with van der Waals surface area (Å²) < 4.78 is 2.31. The summed E-state index contributed by atoms with van der Waals surface area (Å²) in [6.45, 7) is 2.53. The Morgan fingerprint density at radius 2 is 2.04 bits per heavy atom. The van der Waals surface area contributed by atoms with Crippen molar-refractivity contribution in [3.63, 3.8) is 0 Å². The van der Waals surface area contributed by atoms with Crippen molar-refractivity contribution < 1.29 is 4.79 Å². The van der Waals surface area contributed by atoms with E-state index < -0.39 is 0 Å². The van der Waals surface area contributed by atoms with Gasteiger partial charge in [0.25, 0.3) is 5.91 Å². The molecule has 24 heavy (non-hydrogen) atoms. The fourth-order valence-corrected chi connectivity index (χ4v) is 3.83. The number of amides is 1. The van der Waals surface area contributed by atoms with Gasteiger partial charge in [-0.1, -0.05) is 12.5 Å². The molecule has 2 aromatic heterocycles. The number of aromatic nitrogens is 4. The summed E-state index contributed by atoms with van der Waals surface area (Å²) >= 11 is 0. The lowest BCUT2D eigenvalue weighted by Gasteiger charge is -2.32. The average molecular weight is 325 g/mol. The molecule has 2 aromatic rings. The van der Waals surface area contributed by atoms with Gasteiger partial charge in [-0.3, -0.25) is 9.78 Å². The predicted octanol–water partition coefficient (Wildman–Crippen LogP) is 2.42. The highest BCUT2D eigenvalue weighted by Crippen LogP contribution is 2.28. The quantitative estimate of drug-likeness (QED) is 0.850. The van der Waals surface area contributed by atoms with E-state index in [1.165, 1.54) is 19.3 Å². The Kier molecular flexibility index (Phi) is 4.28. The minimum Gasteiger partial charge on any atom is -0.337 e. The number of nitrogens with zero attached hydrogens (tertiary/aromatic N) is 5. The smallest absolute Gasteiger partial charge is 0.272 e. The summed E-state index contributed by atoms with van der Waals surface area (Å²) in [6, 6.07) is 5.48. The van der Waals surface area contributed by atoms with Crippen LogP contribution in [0.5, 0.6) is 0 Å². The SMILES string of the molecule is O=C(c1ccccn1)N1CCCC(c2nnc3n2CCCCC3)C1. The van der Waals surface area contributed by atoms with Crippen molar-refractivity contribution in [2.75, 3.05) is 13.1 Å². The topological polar surface area (TPSA) is 63.9 Å². The second-order valence-electron chi connectivity index (χ2n) is 6.74. The van der Waals surface area contributed by atoms with Crippen molar-refractivity contribution in [3.05, 3.63) is 41.7 Å². The van der Waals surface area contributed by atoms with Crippen LogP contribution < -0.4 is 0 Å². The molecule has 6 heteroatoms. The van der Waals surface area contributed by atoms with Gasteiger partial charge in [-0.2, -0.15) is 0 Å². The second kappa shape index (κ2) is 6.71. The van der Waals surface area contributed by atoms with E-state index in [1.807, 2.05) is 17.0 Å². The van der Waals surface area contributed by atoms with Crippen molar-refractivity contribution >= 4 is 5.91 Å². The van der Waals surface area contributed by atoms with Crippen LogP contribution in [0.25, 0.3) is 0 Å². The lowest BCUT2D eigenvalue weighted by molar-refractivity contribution is 0.0697. The van der Waals surface area contributed by atoms with Crippen molar-refractivity contribution in [1.29, 1.82) is 0 Å². The minimum atomic E-state index is 0.0240. The molecule has 0 aliphatic carbocycles. The molecule has 2 aliphatic rings. The van der Waals surface area contributed by atoms with Gasteiger partial charge in [-0.05, 0) is 37.8 Å². The predicted molar refractivity (Wildman–Crippen MR) is 89.7 cm³/mol. The Balaban J connectivity index is 1.53. The Hall–Kier alpha value is -2.24. The first-order valence-corrected chi connectivity index (χ1v) is 8.95. The fourth-order valence-electron chi connectivity index (χ4n) is 3.83. The van der Waals surface area contributed by atoms with Gasteiger partial charge in [0, 0.05) is 38.2 Å². The van der Waals surface area contributed by atoms with Crippen molar-refractivity contribution in [3.8, 4) is 0 Å². The summed E-state index contributed by atoms with van der Waals surface area (Å²) in [5.41, 5.74) is 0.526. The molecule has 0 spiro atoms. The summed E-state index contributed by atoms with van der Waals surface area (Å²) in [4.78, 5) is 18.8. The van der Waals surface area contributed by atoms with Crippen LogP contribution in [0.15, 0.2) is 24.4 Å². The molecule has 0 bridgehead atoms. The van der Waals surface area contributed by atoms with Crippen LogP contribution in [0, 0.1) is 0 Å². The number of rotatable bonds is 2. The number of hydrogen-bond acceptors (Lipinski definition) is 4. The normalized spacial score (nSPS) is 21.2. The largest absolute Gasteiger partial charge is 0.337 e. The number of aryl methyl sites for hydroxylation is 1. The zero-order valence-electron chi connectivity index (χ0n) is 13.9. The molecule has 4 heterocycles. The first kappa shape index (κ1) is 15.3. The highest BCUT2D eigenvalue weighted by Gasteiger charge is 2.30. The van der Waals surface area contributed by atoms with E-state index in [2.05, 4.69) is 19.7 Å². The third-order valence-corrected chi connectivity index (χ3v) is 5.10. The van der Waals surface area contributed by atoms with Gasteiger partial charge in [0.2, 0.25) is 0 Å². The molecule has 0 N–H and O–H groups in total. The number of piperidine rings is 1. The Labute approximate surface area is 141 Å². The molecule has 1 unspecified atom stereocenters. The maximum atomic E-state index is 12.7. The third-order valence-electron chi connectivity index (χ3n) is 5.10. The summed E-state index contributed by atoms with van der Waals surface area (Å²) in [6.07, 6.45) is 8.44. The zero-order valence-corrected chi connectivity index (χ0v) is 13.9. The van der Waals surface area contributed by atoms with Crippen LogP contribution in [-0.2, 0) is 13.0 Å². The van der Waals surface area contributed by atoms with E-state index in [4.69, 9.17) is 0 Å². The average Bonchev–Trinajstić information content (AvgIpc) is 2.90. The number of carbonyl (C=O) groups excluding carboxylic acids is 1.